The number of carbonyl (C=O) groups excluding carboxylic acids is 1. The number of rotatable bonds is 7. The maximum atomic E-state index is 12.7. The van der Waals surface area contributed by atoms with Crippen LogP contribution >= 0.6 is 23.1 Å². The van der Waals surface area contributed by atoms with Crippen molar-refractivity contribution in [3.05, 3.63) is 42.7 Å². The van der Waals surface area contributed by atoms with Gasteiger partial charge < -0.3 is 10.6 Å². The summed E-state index contributed by atoms with van der Waals surface area (Å²) >= 11 is 2.67. The Hall–Kier alpha value is -1.93. The van der Waals surface area contributed by atoms with Gasteiger partial charge in [0, 0.05) is 12.2 Å². The van der Waals surface area contributed by atoms with Crippen LogP contribution in [0, 0.1) is 5.82 Å². The van der Waals surface area contributed by atoms with Crippen LogP contribution in [0.4, 0.5) is 15.2 Å². The number of carbonyl (C=O) groups is 1. The van der Waals surface area contributed by atoms with Gasteiger partial charge >= 0.3 is 0 Å². The number of hydrogen-bond donors (Lipinski definition) is 2. The zero-order valence-electron chi connectivity index (χ0n) is 11.0. The number of nitrogens with one attached hydrogen (secondary N) is 2. The Morgan fingerprint density at radius 3 is 2.86 bits per heavy atom. The monoisotopic (exact) mass is 324 g/mol. The Balaban J connectivity index is 1.79. The maximum absolute atomic E-state index is 12.7. The third kappa shape index (κ3) is 5.16. The van der Waals surface area contributed by atoms with Gasteiger partial charge in [-0.05, 0) is 24.3 Å². The molecule has 0 fully saturated rings. The second-order valence-corrected chi connectivity index (χ2v) is 6.09. The van der Waals surface area contributed by atoms with Gasteiger partial charge in [0.1, 0.15) is 5.82 Å². The summed E-state index contributed by atoms with van der Waals surface area (Å²) < 4.78 is 13.4. The lowest BCUT2D eigenvalue weighted by Gasteiger charge is -2.03. The van der Waals surface area contributed by atoms with Crippen LogP contribution in [0.25, 0.3) is 0 Å². The first-order chi connectivity index (χ1) is 10.2. The molecule has 1 aromatic heterocycles. The van der Waals surface area contributed by atoms with Gasteiger partial charge in [-0.25, -0.2) is 4.39 Å². The smallest absolute Gasteiger partial charge is 0.234 e. The fourth-order valence-corrected chi connectivity index (χ4v) is 2.92. The molecule has 0 spiro atoms. The van der Waals surface area contributed by atoms with Gasteiger partial charge in [-0.15, -0.1) is 16.8 Å². The molecule has 0 atom stereocenters. The summed E-state index contributed by atoms with van der Waals surface area (Å²) in [5.41, 5.74) is 0.563. The first-order valence-corrected chi connectivity index (χ1v) is 7.84. The van der Waals surface area contributed by atoms with E-state index in [4.69, 9.17) is 0 Å². The molecule has 1 aromatic carbocycles. The molecular formula is C13H13FN4OS2. The zero-order valence-corrected chi connectivity index (χ0v) is 12.6. The molecule has 0 unspecified atom stereocenters. The van der Waals surface area contributed by atoms with Crippen molar-refractivity contribution < 1.29 is 9.18 Å². The SMILES string of the molecule is C=CCNc1nnc(SCC(=O)Nc2ccc(F)cc2)s1. The van der Waals surface area contributed by atoms with Crippen LogP contribution in [0.3, 0.4) is 0 Å². The molecule has 0 bridgehead atoms. The van der Waals surface area contributed by atoms with Crippen molar-refractivity contribution in [2.75, 3.05) is 22.9 Å². The van der Waals surface area contributed by atoms with Gasteiger partial charge in [-0.2, -0.15) is 0 Å². The standard InChI is InChI=1S/C13H13FN4OS2/c1-2-7-15-12-17-18-13(21-12)20-8-11(19)16-10-5-3-9(14)4-6-10/h2-6H,1,7-8H2,(H,15,17)(H,16,19). The van der Waals surface area contributed by atoms with Crippen LogP contribution in [0.1, 0.15) is 0 Å². The summed E-state index contributed by atoms with van der Waals surface area (Å²) in [6, 6.07) is 5.62. The Kier molecular flexibility index (Phi) is 5.70. The van der Waals surface area contributed by atoms with E-state index in [0.717, 1.165) is 0 Å². The highest BCUT2D eigenvalue weighted by Gasteiger charge is 2.08. The molecule has 0 saturated carbocycles. The average Bonchev–Trinajstić information content (AvgIpc) is 2.93. The predicted molar refractivity (Wildman–Crippen MR) is 84.3 cm³/mol. The van der Waals surface area contributed by atoms with Gasteiger partial charge in [-0.1, -0.05) is 29.2 Å². The number of thioether (sulfide) groups is 1. The highest BCUT2D eigenvalue weighted by Crippen LogP contribution is 2.25. The summed E-state index contributed by atoms with van der Waals surface area (Å²) in [6.45, 7) is 4.22. The number of hydrogen-bond acceptors (Lipinski definition) is 6. The van der Waals surface area contributed by atoms with Crippen molar-refractivity contribution >= 4 is 39.8 Å². The van der Waals surface area contributed by atoms with Crippen LogP contribution in [0.15, 0.2) is 41.3 Å². The minimum absolute atomic E-state index is 0.178. The minimum atomic E-state index is -0.337. The molecule has 2 rings (SSSR count). The van der Waals surface area contributed by atoms with Crippen LogP contribution in [-0.4, -0.2) is 28.4 Å². The quantitative estimate of drug-likeness (QED) is 0.605. The summed E-state index contributed by atoms with van der Waals surface area (Å²) in [7, 11) is 0. The Morgan fingerprint density at radius 1 is 1.38 bits per heavy atom. The maximum Gasteiger partial charge on any atom is 0.234 e. The molecule has 1 amide bonds. The second-order valence-electron chi connectivity index (χ2n) is 3.89. The molecule has 2 aromatic rings. The van der Waals surface area contributed by atoms with E-state index in [-0.39, 0.29) is 17.5 Å². The molecule has 0 aliphatic heterocycles. The van der Waals surface area contributed by atoms with Crippen molar-refractivity contribution in [3.8, 4) is 0 Å². The normalized spacial score (nSPS) is 10.1. The molecule has 2 N–H and O–H groups in total. The van der Waals surface area contributed by atoms with Gasteiger partial charge in [0.25, 0.3) is 0 Å². The zero-order chi connectivity index (χ0) is 15.1. The summed E-state index contributed by atoms with van der Waals surface area (Å²) in [6.07, 6.45) is 1.73. The molecule has 110 valence electrons. The lowest BCUT2D eigenvalue weighted by Crippen LogP contribution is -2.13. The van der Waals surface area contributed by atoms with Crippen LogP contribution in [0.5, 0.6) is 0 Å². The van der Waals surface area contributed by atoms with Crippen molar-refractivity contribution in [1.82, 2.24) is 10.2 Å². The van der Waals surface area contributed by atoms with Crippen LogP contribution in [-0.2, 0) is 4.79 Å². The van der Waals surface area contributed by atoms with Crippen molar-refractivity contribution in [2.45, 2.75) is 4.34 Å². The molecule has 21 heavy (non-hydrogen) atoms. The molecule has 0 aliphatic rings. The van der Waals surface area contributed by atoms with E-state index in [1.807, 2.05) is 0 Å². The third-order valence-corrected chi connectivity index (χ3v) is 4.27. The van der Waals surface area contributed by atoms with Crippen molar-refractivity contribution in [1.29, 1.82) is 0 Å². The van der Waals surface area contributed by atoms with Gasteiger partial charge in [0.15, 0.2) is 4.34 Å². The van der Waals surface area contributed by atoms with E-state index in [0.29, 0.717) is 21.7 Å². The molecule has 1 heterocycles. The number of halogens is 1. The van der Waals surface area contributed by atoms with E-state index in [2.05, 4.69) is 27.4 Å². The molecule has 5 nitrogen and oxygen atoms in total. The largest absolute Gasteiger partial charge is 0.357 e. The van der Waals surface area contributed by atoms with Crippen molar-refractivity contribution in [2.24, 2.45) is 0 Å². The lowest BCUT2D eigenvalue weighted by molar-refractivity contribution is -0.113. The van der Waals surface area contributed by atoms with Crippen molar-refractivity contribution in [3.63, 3.8) is 0 Å². The number of anilines is 2. The highest BCUT2D eigenvalue weighted by atomic mass is 32.2. The van der Waals surface area contributed by atoms with E-state index < -0.39 is 0 Å². The topological polar surface area (TPSA) is 66.9 Å². The fourth-order valence-electron chi connectivity index (χ4n) is 1.36. The van der Waals surface area contributed by atoms with E-state index in [1.54, 1.807) is 6.08 Å². The average molecular weight is 324 g/mol. The Labute approximate surface area is 129 Å². The first-order valence-electron chi connectivity index (χ1n) is 6.04. The van der Waals surface area contributed by atoms with Gasteiger partial charge in [-0.3, -0.25) is 4.79 Å². The molecule has 0 saturated heterocycles. The Morgan fingerprint density at radius 2 is 2.14 bits per heavy atom. The van der Waals surface area contributed by atoms with E-state index in [1.165, 1.54) is 47.4 Å². The fraction of sp³-hybridized carbons (Fsp3) is 0.154. The van der Waals surface area contributed by atoms with E-state index in [9.17, 15) is 9.18 Å². The van der Waals surface area contributed by atoms with Crippen LogP contribution in [0.2, 0.25) is 0 Å². The Bertz CT molecular complexity index is 615. The third-order valence-electron chi connectivity index (χ3n) is 2.26. The second kappa shape index (κ2) is 7.75. The minimum Gasteiger partial charge on any atom is -0.357 e. The number of aromatic nitrogens is 2. The van der Waals surface area contributed by atoms with Gasteiger partial charge in [0.2, 0.25) is 11.0 Å². The van der Waals surface area contributed by atoms with Gasteiger partial charge in [0.05, 0.1) is 5.75 Å². The summed E-state index contributed by atoms with van der Waals surface area (Å²) in [5, 5.41) is 14.3. The number of amides is 1. The summed E-state index contributed by atoms with van der Waals surface area (Å²) in [4.78, 5) is 11.8. The highest BCUT2D eigenvalue weighted by molar-refractivity contribution is 8.01. The molecule has 0 aliphatic carbocycles. The van der Waals surface area contributed by atoms with E-state index >= 15 is 0 Å². The number of benzene rings is 1. The molecule has 8 heteroatoms. The predicted octanol–water partition coefficient (Wildman–Crippen LogP) is 3.01. The molecule has 0 radical (unpaired) electrons. The first kappa shape index (κ1) is 15.5. The molecular weight excluding hydrogens is 311 g/mol. The van der Waals surface area contributed by atoms with Crippen LogP contribution < -0.4 is 10.6 Å². The summed E-state index contributed by atoms with van der Waals surface area (Å²) in [5.74, 6) is -0.300. The lowest BCUT2D eigenvalue weighted by atomic mass is 10.3. The number of nitrogens with zero attached hydrogens (tertiary/aromatic N) is 2.